The zero-order chi connectivity index (χ0) is 21.8. The highest BCUT2D eigenvalue weighted by Gasteiger charge is 2.40. The Morgan fingerprint density at radius 2 is 2.06 bits per heavy atom. The second-order valence-electron chi connectivity index (χ2n) is 8.94. The van der Waals surface area contributed by atoms with Gasteiger partial charge in [-0.25, -0.2) is 4.68 Å². The largest absolute Gasteiger partial charge is 0.488 e. The molecule has 0 radical (unpaired) electrons. The fourth-order valence-corrected chi connectivity index (χ4v) is 4.11. The van der Waals surface area contributed by atoms with Gasteiger partial charge >= 0.3 is 0 Å². The van der Waals surface area contributed by atoms with Crippen LogP contribution in [-0.4, -0.2) is 74.9 Å². The van der Waals surface area contributed by atoms with Gasteiger partial charge in [-0.1, -0.05) is 0 Å². The predicted molar refractivity (Wildman–Crippen MR) is 119 cm³/mol. The zero-order valence-electron chi connectivity index (χ0n) is 18.1. The van der Waals surface area contributed by atoms with Gasteiger partial charge in [0.25, 0.3) is 5.56 Å². The fraction of sp³-hybridized carbons (Fsp3) is 0.500. The molecule has 1 aliphatic carbocycles. The van der Waals surface area contributed by atoms with Crippen LogP contribution < -0.4 is 15.2 Å². The summed E-state index contributed by atoms with van der Waals surface area (Å²) in [4.78, 5) is 17.0. The van der Waals surface area contributed by atoms with Crippen LogP contribution in [0.15, 0.2) is 29.1 Å². The summed E-state index contributed by atoms with van der Waals surface area (Å²) in [5.41, 5.74) is 2.55. The van der Waals surface area contributed by atoms with E-state index < -0.39 is 0 Å². The molecule has 164 valence electrons. The molecule has 9 nitrogen and oxygen atoms in total. The maximum atomic E-state index is 12.9. The molecule has 1 aromatic carbocycles. The number of nitrogens with one attached hydrogen (secondary N) is 1. The standard InChI is InChI=1S/C22H28N6O3/c1-22(6-7-22)31-15-4-5-17-16(10-15)20(24-23-17)18-11-19(21(30)27(3)25-18)28-9-8-26(2)14(12-28)13-29/h4-5,10-11,14,29H,6-9,12-13H2,1-3H3,(H,23,24). The Balaban J connectivity index is 1.54. The number of anilines is 1. The number of aliphatic hydroxyl groups is 1. The minimum Gasteiger partial charge on any atom is -0.488 e. The summed E-state index contributed by atoms with van der Waals surface area (Å²) in [5, 5.41) is 22.6. The van der Waals surface area contributed by atoms with Crippen LogP contribution in [0.5, 0.6) is 5.75 Å². The predicted octanol–water partition coefficient (Wildman–Crippen LogP) is 1.37. The van der Waals surface area contributed by atoms with Gasteiger partial charge in [0.1, 0.15) is 28.4 Å². The third kappa shape index (κ3) is 3.68. The Morgan fingerprint density at radius 1 is 1.26 bits per heavy atom. The average Bonchev–Trinajstić information content (AvgIpc) is 3.33. The first kappa shape index (κ1) is 20.0. The Morgan fingerprint density at radius 3 is 2.81 bits per heavy atom. The maximum absolute atomic E-state index is 12.9. The van der Waals surface area contributed by atoms with Crippen LogP contribution in [0, 0.1) is 0 Å². The van der Waals surface area contributed by atoms with E-state index in [9.17, 15) is 9.90 Å². The van der Waals surface area contributed by atoms with Crippen molar-refractivity contribution >= 4 is 16.6 Å². The molecule has 2 aromatic heterocycles. The van der Waals surface area contributed by atoms with Gasteiger partial charge in [-0.3, -0.25) is 14.8 Å². The van der Waals surface area contributed by atoms with E-state index in [2.05, 4.69) is 27.1 Å². The Kier molecular flexibility index (Phi) is 4.75. The summed E-state index contributed by atoms with van der Waals surface area (Å²) in [7, 11) is 3.65. The third-order valence-corrected chi connectivity index (χ3v) is 6.47. The van der Waals surface area contributed by atoms with Crippen LogP contribution >= 0.6 is 0 Å². The topological polar surface area (TPSA) is 99.5 Å². The van der Waals surface area contributed by atoms with E-state index in [1.54, 1.807) is 7.05 Å². The Bertz CT molecular complexity index is 1180. The molecular formula is C22H28N6O3. The quantitative estimate of drug-likeness (QED) is 0.638. The molecule has 0 amide bonds. The fourth-order valence-electron chi connectivity index (χ4n) is 4.11. The van der Waals surface area contributed by atoms with Gasteiger partial charge < -0.3 is 14.7 Å². The highest BCUT2D eigenvalue weighted by atomic mass is 16.5. The van der Waals surface area contributed by atoms with Crippen molar-refractivity contribution in [3.8, 4) is 17.1 Å². The zero-order valence-corrected chi connectivity index (χ0v) is 18.1. The van der Waals surface area contributed by atoms with Crippen molar-refractivity contribution in [1.29, 1.82) is 0 Å². The van der Waals surface area contributed by atoms with Crippen molar-refractivity contribution in [2.75, 3.05) is 38.2 Å². The Labute approximate surface area is 180 Å². The number of likely N-dealkylation sites (N-methyl/N-ethyl adjacent to an activating group) is 1. The minimum atomic E-state index is -0.157. The highest BCUT2D eigenvalue weighted by Crippen LogP contribution is 2.40. The van der Waals surface area contributed by atoms with E-state index in [0.29, 0.717) is 30.2 Å². The molecule has 3 aromatic rings. The number of fused-ring (bicyclic) bond motifs is 1. The van der Waals surface area contributed by atoms with Crippen molar-refractivity contribution in [1.82, 2.24) is 24.9 Å². The van der Waals surface area contributed by atoms with Crippen molar-refractivity contribution in [2.24, 2.45) is 7.05 Å². The van der Waals surface area contributed by atoms with Crippen LogP contribution in [0.2, 0.25) is 0 Å². The maximum Gasteiger partial charge on any atom is 0.290 e. The number of hydrogen-bond acceptors (Lipinski definition) is 7. The van der Waals surface area contributed by atoms with Crippen molar-refractivity contribution in [3.05, 3.63) is 34.6 Å². The number of piperazine rings is 1. The van der Waals surface area contributed by atoms with Gasteiger partial charge in [0, 0.05) is 32.1 Å². The number of aromatic nitrogens is 4. The number of benzene rings is 1. The van der Waals surface area contributed by atoms with Gasteiger partial charge in [0.15, 0.2) is 0 Å². The lowest BCUT2D eigenvalue weighted by molar-refractivity contribution is 0.135. The molecule has 5 rings (SSSR count). The second kappa shape index (κ2) is 7.35. The van der Waals surface area contributed by atoms with E-state index in [-0.39, 0.29) is 23.8 Å². The molecule has 31 heavy (non-hydrogen) atoms. The molecule has 9 heteroatoms. The van der Waals surface area contributed by atoms with Crippen LogP contribution in [0.4, 0.5) is 5.69 Å². The molecule has 0 bridgehead atoms. The summed E-state index contributed by atoms with van der Waals surface area (Å²) >= 11 is 0. The minimum absolute atomic E-state index is 0.00946. The molecular weight excluding hydrogens is 396 g/mol. The lowest BCUT2D eigenvalue weighted by Gasteiger charge is -2.39. The molecule has 0 spiro atoms. The molecule has 1 unspecified atom stereocenters. The van der Waals surface area contributed by atoms with Gasteiger partial charge in [0.2, 0.25) is 0 Å². The highest BCUT2D eigenvalue weighted by molar-refractivity contribution is 5.93. The Hall–Kier alpha value is -2.91. The SMILES string of the molecule is CN1CCN(c2cc(-c3n[nH]c4ccc(OC5(C)CC5)cc34)nn(C)c2=O)CC1CO. The van der Waals surface area contributed by atoms with Gasteiger partial charge in [-0.15, -0.1) is 0 Å². The summed E-state index contributed by atoms with van der Waals surface area (Å²) in [5.74, 6) is 0.810. The smallest absolute Gasteiger partial charge is 0.290 e. The number of ether oxygens (including phenoxy) is 1. The molecule has 1 aliphatic heterocycles. The number of aromatic amines is 1. The number of H-pyrrole nitrogens is 1. The summed E-state index contributed by atoms with van der Waals surface area (Å²) in [6.07, 6.45) is 2.13. The van der Waals surface area contributed by atoms with Crippen LogP contribution in [0.1, 0.15) is 19.8 Å². The van der Waals surface area contributed by atoms with E-state index in [4.69, 9.17) is 4.74 Å². The number of aryl methyl sites for hydroxylation is 1. The van der Waals surface area contributed by atoms with E-state index in [1.165, 1.54) is 4.68 Å². The molecule has 2 fully saturated rings. The van der Waals surface area contributed by atoms with Crippen molar-refractivity contribution < 1.29 is 9.84 Å². The number of nitrogens with zero attached hydrogens (tertiary/aromatic N) is 5. The summed E-state index contributed by atoms with van der Waals surface area (Å²) in [6, 6.07) is 7.70. The van der Waals surface area contributed by atoms with Gasteiger partial charge in [-0.05, 0) is 51.1 Å². The number of aliphatic hydroxyl groups excluding tert-OH is 1. The van der Waals surface area contributed by atoms with E-state index in [1.807, 2.05) is 36.2 Å². The molecule has 2 N–H and O–H groups in total. The molecule has 3 heterocycles. The second-order valence-corrected chi connectivity index (χ2v) is 8.94. The molecule has 2 aliphatic rings. The van der Waals surface area contributed by atoms with Crippen LogP contribution in [0.25, 0.3) is 22.3 Å². The normalized spacial score (nSPS) is 20.9. The lowest BCUT2D eigenvalue weighted by atomic mass is 10.1. The van der Waals surface area contributed by atoms with Crippen molar-refractivity contribution in [2.45, 2.75) is 31.4 Å². The lowest BCUT2D eigenvalue weighted by Crippen LogP contribution is -2.54. The molecule has 1 saturated carbocycles. The first-order chi connectivity index (χ1) is 14.9. The van der Waals surface area contributed by atoms with E-state index >= 15 is 0 Å². The third-order valence-electron chi connectivity index (χ3n) is 6.47. The average molecular weight is 425 g/mol. The monoisotopic (exact) mass is 424 g/mol. The van der Waals surface area contributed by atoms with Crippen LogP contribution in [-0.2, 0) is 7.05 Å². The molecule has 1 saturated heterocycles. The van der Waals surface area contributed by atoms with Crippen LogP contribution in [0.3, 0.4) is 0 Å². The van der Waals surface area contributed by atoms with Gasteiger partial charge in [0.05, 0.1) is 18.2 Å². The first-order valence-corrected chi connectivity index (χ1v) is 10.7. The summed E-state index contributed by atoms with van der Waals surface area (Å²) in [6.45, 7) is 4.24. The van der Waals surface area contributed by atoms with Crippen molar-refractivity contribution in [3.63, 3.8) is 0 Å². The molecule has 1 atom stereocenters. The summed E-state index contributed by atoms with van der Waals surface area (Å²) < 4.78 is 7.49. The number of hydrogen-bond donors (Lipinski definition) is 2. The number of rotatable bonds is 5. The van der Waals surface area contributed by atoms with E-state index in [0.717, 1.165) is 36.0 Å². The first-order valence-electron chi connectivity index (χ1n) is 10.7. The van der Waals surface area contributed by atoms with Gasteiger partial charge in [-0.2, -0.15) is 10.2 Å².